The predicted octanol–water partition coefficient (Wildman–Crippen LogP) is 3.77. The first-order valence-electron chi connectivity index (χ1n) is 7.43. The van der Waals surface area contributed by atoms with Crippen molar-refractivity contribution < 1.29 is 22.5 Å². The van der Waals surface area contributed by atoms with E-state index in [1.165, 1.54) is 6.07 Å². The molecule has 1 N–H and O–H groups in total. The van der Waals surface area contributed by atoms with E-state index in [9.17, 15) is 18.0 Å². The third kappa shape index (κ3) is 3.34. The fraction of sp³-hybridized carbons (Fsp3) is 0.400. The van der Waals surface area contributed by atoms with Crippen LogP contribution in [0.5, 0.6) is 0 Å². The van der Waals surface area contributed by atoms with Crippen molar-refractivity contribution >= 4 is 11.7 Å². The molecule has 0 spiro atoms. The Kier molecular flexibility index (Phi) is 4.16. The average molecular weight is 340 g/mol. The van der Waals surface area contributed by atoms with E-state index in [4.69, 9.17) is 0 Å². The Hall–Kier alpha value is -2.58. The van der Waals surface area contributed by atoms with E-state index >= 15 is 0 Å². The normalized spacial score (nSPS) is 18.0. The van der Waals surface area contributed by atoms with Crippen LogP contribution >= 0.6 is 0 Å². The average Bonchev–Trinajstić information content (AvgIpc) is 3.15. The largest absolute Gasteiger partial charge is 0.471 e. The second kappa shape index (κ2) is 6.14. The maximum absolute atomic E-state index is 12.5. The highest BCUT2D eigenvalue weighted by molar-refractivity contribution is 5.90. The number of nitrogens with zero attached hydrogens (tertiary/aromatic N) is 3. The van der Waals surface area contributed by atoms with Gasteiger partial charge in [0.1, 0.15) is 0 Å². The summed E-state index contributed by atoms with van der Waals surface area (Å²) in [5.74, 6) is -1.59. The van der Waals surface area contributed by atoms with E-state index in [0.29, 0.717) is 17.8 Å². The number of halogens is 3. The first kappa shape index (κ1) is 16.3. The summed E-state index contributed by atoms with van der Waals surface area (Å²) in [6.07, 6.45) is -2.78. The monoisotopic (exact) mass is 340 g/mol. The number of hydrogen-bond acceptors (Lipinski definition) is 4. The Balaban J connectivity index is 1.77. The first-order chi connectivity index (χ1) is 11.3. The number of hydrogen-bond donors (Lipinski definition) is 1. The van der Waals surface area contributed by atoms with Gasteiger partial charge in [-0.1, -0.05) is 17.3 Å². The topological polar surface area (TPSA) is 71.3 Å². The predicted molar refractivity (Wildman–Crippen MR) is 79.2 cm³/mol. The molecule has 0 radical (unpaired) electrons. The number of rotatable bonds is 2. The molecule has 1 saturated heterocycles. The SMILES string of the molecule is CC1CCCN1C(=O)Nc1cccc(-c2noc(C(F)(F)F)n2)c1. The molecule has 1 fully saturated rings. The zero-order valence-electron chi connectivity index (χ0n) is 12.8. The van der Waals surface area contributed by atoms with Crippen molar-refractivity contribution in [1.82, 2.24) is 15.0 Å². The van der Waals surface area contributed by atoms with Gasteiger partial charge in [-0.3, -0.25) is 0 Å². The van der Waals surface area contributed by atoms with Crippen molar-refractivity contribution in [3.05, 3.63) is 30.2 Å². The molecular formula is C15H15F3N4O2. The van der Waals surface area contributed by atoms with Gasteiger partial charge in [0.15, 0.2) is 0 Å². The fourth-order valence-electron chi connectivity index (χ4n) is 2.62. The van der Waals surface area contributed by atoms with Crippen LogP contribution in [-0.2, 0) is 6.18 Å². The zero-order chi connectivity index (χ0) is 17.3. The highest BCUT2D eigenvalue weighted by atomic mass is 19.4. The minimum Gasteiger partial charge on any atom is -0.329 e. The number of nitrogens with one attached hydrogen (secondary N) is 1. The van der Waals surface area contributed by atoms with Gasteiger partial charge in [0.25, 0.3) is 0 Å². The van der Waals surface area contributed by atoms with Gasteiger partial charge in [-0.2, -0.15) is 18.2 Å². The van der Waals surface area contributed by atoms with Crippen LogP contribution in [0.25, 0.3) is 11.4 Å². The summed E-state index contributed by atoms with van der Waals surface area (Å²) in [7, 11) is 0. The molecule has 9 heteroatoms. The molecule has 6 nitrogen and oxygen atoms in total. The summed E-state index contributed by atoms with van der Waals surface area (Å²) in [6, 6.07) is 6.22. The lowest BCUT2D eigenvalue weighted by atomic mass is 10.2. The zero-order valence-corrected chi connectivity index (χ0v) is 12.8. The molecule has 2 aromatic rings. The molecule has 0 aliphatic carbocycles. The van der Waals surface area contributed by atoms with Crippen LogP contribution in [0.2, 0.25) is 0 Å². The highest BCUT2D eigenvalue weighted by Gasteiger charge is 2.38. The number of carbonyl (C=O) groups is 1. The van der Waals surface area contributed by atoms with Crippen LogP contribution in [-0.4, -0.2) is 33.7 Å². The molecule has 128 valence electrons. The second-order valence-electron chi connectivity index (χ2n) is 5.62. The molecule has 2 heterocycles. The third-order valence-electron chi connectivity index (χ3n) is 3.85. The highest BCUT2D eigenvalue weighted by Crippen LogP contribution is 2.30. The smallest absolute Gasteiger partial charge is 0.329 e. The summed E-state index contributed by atoms with van der Waals surface area (Å²) in [6.45, 7) is 2.66. The summed E-state index contributed by atoms with van der Waals surface area (Å²) in [5, 5.41) is 6.07. The summed E-state index contributed by atoms with van der Waals surface area (Å²) in [4.78, 5) is 17.3. The van der Waals surface area contributed by atoms with E-state index in [0.717, 1.165) is 12.8 Å². The van der Waals surface area contributed by atoms with Crippen molar-refractivity contribution in [3.63, 3.8) is 0 Å². The van der Waals surface area contributed by atoms with Crippen LogP contribution in [0.3, 0.4) is 0 Å². The maximum Gasteiger partial charge on any atom is 0.471 e. The van der Waals surface area contributed by atoms with Crippen molar-refractivity contribution in [2.75, 3.05) is 11.9 Å². The van der Waals surface area contributed by atoms with Gasteiger partial charge in [-0.05, 0) is 31.9 Å². The van der Waals surface area contributed by atoms with Gasteiger partial charge >= 0.3 is 18.1 Å². The second-order valence-corrected chi connectivity index (χ2v) is 5.62. The number of anilines is 1. The molecule has 3 rings (SSSR count). The Labute approximate surface area is 135 Å². The van der Waals surface area contributed by atoms with Crippen LogP contribution in [0.4, 0.5) is 23.7 Å². The molecule has 1 aromatic heterocycles. The van der Waals surface area contributed by atoms with Crippen LogP contribution < -0.4 is 5.32 Å². The summed E-state index contributed by atoms with van der Waals surface area (Å²) in [5.41, 5.74) is 0.775. The summed E-state index contributed by atoms with van der Waals surface area (Å²) < 4.78 is 41.8. The third-order valence-corrected chi connectivity index (χ3v) is 3.85. The van der Waals surface area contributed by atoms with Crippen molar-refractivity contribution in [2.45, 2.75) is 32.0 Å². The number of urea groups is 1. The minimum absolute atomic E-state index is 0.166. The van der Waals surface area contributed by atoms with Crippen LogP contribution in [0.1, 0.15) is 25.7 Å². The van der Waals surface area contributed by atoms with E-state index in [1.807, 2.05) is 6.92 Å². The molecule has 0 saturated carbocycles. The molecule has 24 heavy (non-hydrogen) atoms. The molecule has 2 amide bonds. The number of aromatic nitrogens is 2. The Morgan fingerprint density at radius 2 is 2.21 bits per heavy atom. The van der Waals surface area contributed by atoms with Crippen molar-refractivity contribution in [3.8, 4) is 11.4 Å². The molecular weight excluding hydrogens is 325 g/mol. The van der Waals surface area contributed by atoms with E-state index < -0.39 is 12.1 Å². The van der Waals surface area contributed by atoms with E-state index in [-0.39, 0.29) is 17.9 Å². The van der Waals surface area contributed by atoms with Gasteiger partial charge in [0.2, 0.25) is 5.82 Å². The lowest BCUT2D eigenvalue weighted by molar-refractivity contribution is -0.159. The first-order valence-corrected chi connectivity index (χ1v) is 7.43. The molecule has 1 aliphatic heterocycles. The van der Waals surface area contributed by atoms with Gasteiger partial charge in [0.05, 0.1) is 0 Å². The Morgan fingerprint density at radius 3 is 2.83 bits per heavy atom. The number of alkyl halides is 3. The molecule has 1 atom stereocenters. The lowest BCUT2D eigenvalue weighted by Crippen LogP contribution is -2.37. The number of benzene rings is 1. The number of amides is 2. The minimum atomic E-state index is -4.69. The number of likely N-dealkylation sites (tertiary alicyclic amines) is 1. The standard InChI is InChI=1S/C15H15F3N4O2/c1-9-4-3-7-22(9)14(23)19-11-6-2-5-10(8-11)12-20-13(24-21-12)15(16,17)18/h2,5-6,8-9H,3-4,7H2,1H3,(H,19,23). The van der Waals surface area contributed by atoms with E-state index in [2.05, 4.69) is 20.0 Å². The van der Waals surface area contributed by atoms with Gasteiger partial charge in [-0.15, -0.1) is 0 Å². The molecule has 1 aliphatic rings. The van der Waals surface area contributed by atoms with Gasteiger partial charge in [0, 0.05) is 23.8 Å². The molecule has 1 unspecified atom stereocenters. The van der Waals surface area contributed by atoms with Gasteiger partial charge < -0.3 is 14.7 Å². The van der Waals surface area contributed by atoms with Gasteiger partial charge in [-0.25, -0.2) is 4.79 Å². The summed E-state index contributed by atoms with van der Waals surface area (Å²) >= 11 is 0. The molecule has 1 aromatic carbocycles. The molecule has 0 bridgehead atoms. The van der Waals surface area contributed by atoms with Crippen molar-refractivity contribution in [1.29, 1.82) is 0 Å². The maximum atomic E-state index is 12.5. The van der Waals surface area contributed by atoms with Crippen molar-refractivity contribution in [2.24, 2.45) is 0 Å². The van der Waals surface area contributed by atoms with Crippen LogP contribution in [0, 0.1) is 0 Å². The quantitative estimate of drug-likeness (QED) is 0.903. The lowest BCUT2D eigenvalue weighted by Gasteiger charge is -2.21. The Morgan fingerprint density at radius 1 is 1.42 bits per heavy atom. The Bertz CT molecular complexity index is 744. The fourth-order valence-corrected chi connectivity index (χ4v) is 2.62. The van der Waals surface area contributed by atoms with Crippen LogP contribution in [0.15, 0.2) is 28.8 Å². The number of carbonyl (C=O) groups excluding carboxylic acids is 1. The van der Waals surface area contributed by atoms with E-state index in [1.54, 1.807) is 23.1 Å².